The standard InChI is InChI=1S/C19H28O5/c1-18-8-7-14-12(13(18)5-6-15(18)20)4-3-11(9-16(21)22)19(14,2)10-17(23)24/h11-14H,3-10H2,1-2H3,(H,21,22)(H,23,24)/t11-,12+,13-,14+,18-,19-/m0/s1. The van der Waals surface area contributed by atoms with Crippen LogP contribution in [0.15, 0.2) is 0 Å². The molecule has 0 heterocycles. The van der Waals surface area contributed by atoms with Gasteiger partial charge in [-0.05, 0) is 61.2 Å². The number of hydrogen-bond donors (Lipinski definition) is 2. The molecule has 0 amide bonds. The van der Waals surface area contributed by atoms with Gasteiger partial charge >= 0.3 is 11.9 Å². The maximum absolute atomic E-state index is 12.4. The van der Waals surface area contributed by atoms with Crippen LogP contribution >= 0.6 is 0 Å². The Morgan fingerprint density at radius 3 is 2.38 bits per heavy atom. The minimum atomic E-state index is -0.843. The Balaban J connectivity index is 1.92. The first-order chi connectivity index (χ1) is 11.2. The van der Waals surface area contributed by atoms with Crippen LogP contribution in [0.3, 0.4) is 0 Å². The molecule has 2 N–H and O–H groups in total. The van der Waals surface area contributed by atoms with Gasteiger partial charge in [-0.2, -0.15) is 0 Å². The van der Waals surface area contributed by atoms with Gasteiger partial charge in [0.15, 0.2) is 0 Å². The lowest BCUT2D eigenvalue weighted by molar-refractivity contribution is -0.156. The monoisotopic (exact) mass is 336 g/mol. The van der Waals surface area contributed by atoms with Gasteiger partial charge in [0.25, 0.3) is 0 Å². The summed E-state index contributed by atoms with van der Waals surface area (Å²) < 4.78 is 0. The van der Waals surface area contributed by atoms with Crippen molar-refractivity contribution in [2.75, 3.05) is 0 Å². The first kappa shape index (κ1) is 17.4. The fourth-order valence-corrected chi connectivity index (χ4v) is 6.45. The van der Waals surface area contributed by atoms with Gasteiger partial charge in [0.05, 0.1) is 6.42 Å². The van der Waals surface area contributed by atoms with E-state index in [9.17, 15) is 24.6 Å². The van der Waals surface area contributed by atoms with Crippen molar-refractivity contribution in [2.24, 2.45) is 34.5 Å². The van der Waals surface area contributed by atoms with Gasteiger partial charge in [-0.15, -0.1) is 0 Å². The van der Waals surface area contributed by atoms with Crippen LogP contribution in [0.1, 0.15) is 65.2 Å². The summed E-state index contributed by atoms with van der Waals surface area (Å²) in [6, 6.07) is 0. The Morgan fingerprint density at radius 1 is 1.04 bits per heavy atom. The highest BCUT2D eigenvalue weighted by molar-refractivity contribution is 5.87. The second-order valence-corrected chi connectivity index (χ2v) is 8.74. The summed E-state index contributed by atoms with van der Waals surface area (Å²) in [5, 5.41) is 18.7. The SMILES string of the molecule is C[C@]1(CC(=O)O)[C@H](CC(=O)O)CC[C@H]2[C@H]1CC[C@]1(C)C(=O)CC[C@@H]21. The molecular formula is C19H28O5. The summed E-state index contributed by atoms with van der Waals surface area (Å²) in [7, 11) is 0. The molecule has 0 spiro atoms. The predicted molar refractivity (Wildman–Crippen MR) is 87.4 cm³/mol. The highest BCUT2D eigenvalue weighted by atomic mass is 16.4. The molecule has 0 saturated heterocycles. The predicted octanol–water partition coefficient (Wildman–Crippen LogP) is 3.36. The van der Waals surface area contributed by atoms with Crippen LogP contribution in [0.2, 0.25) is 0 Å². The Morgan fingerprint density at radius 2 is 1.75 bits per heavy atom. The average Bonchev–Trinajstić information content (AvgIpc) is 2.77. The molecule has 3 fully saturated rings. The molecule has 5 nitrogen and oxygen atoms in total. The first-order valence-electron chi connectivity index (χ1n) is 9.15. The molecule has 24 heavy (non-hydrogen) atoms. The Kier molecular flexibility index (Phi) is 4.25. The van der Waals surface area contributed by atoms with Crippen LogP contribution in [0.25, 0.3) is 0 Å². The van der Waals surface area contributed by atoms with E-state index >= 15 is 0 Å². The second kappa shape index (κ2) is 5.85. The summed E-state index contributed by atoms with van der Waals surface area (Å²) in [5.41, 5.74) is -0.717. The van der Waals surface area contributed by atoms with E-state index in [0.29, 0.717) is 24.0 Å². The molecule has 0 unspecified atom stereocenters. The van der Waals surface area contributed by atoms with Crippen LogP contribution < -0.4 is 0 Å². The third-order valence-corrected chi connectivity index (χ3v) is 7.73. The average molecular weight is 336 g/mol. The fraction of sp³-hybridized carbons (Fsp3) is 0.842. The Labute approximate surface area is 142 Å². The molecule has 6 atom stereocenters. The lowest BCUT2D eigenvalue weighted by Gasteiger charge is -2.57. The number of hydrogen-bond acceptors (Lipinski definition) is 3. The molecule has 0 aromatic heterocycles. The van der Waals surface area contributed by atoms with Gasteiger partial charge in [0.2, 0.25) is 0 Å². The van der Waals surface area contributed by atoms with Crippen molar-refractivity contribution >= 4 is 17.7 Å². The fourth-order valence-electron chi connectivity index (χ4n) is 6.45. The summed E-state index contributed by atoms with van der Waals surface area (Å²) in [6.45, 7) is 4.09. The van der Waals surface area contributed by atoms with E-state index in [1.54, 1.807) is 0 Å². The molecule has 0 radical (unpaired) electrons. The van der Waals surface area contributed by atoms with Gasteiger partial charge < -0.3 is 10.2 Å². The van der Waals surface area contributed by atoms with Crippen molar-refractivity contribution in [3.8, 4) is 0 Å². The number of Topliss-reactive ketones (excluding diaryl/α,β-unsaturated/α-hetero) is 1. The molecule has 3 rings (SSSR count). The summed E-state index contributed by atoms with van der Waals surface area (Å²) in [4.78, 5) is 35.2. The maximum Gasteiger partial charge on any atom is 0.303 e. The largest absolute Gasteiger partial charge is 0.481 e. The number of carboxylic acids is 2. The van der Waals surface area contributed by atoms with Crippen LogP contribution in [0, 0.1) is 34.5 Å². The van der Waals surface area contributed by atoms with Crippen LogP contribution in [0.5, 0.6) is 0 Å². The number of carbonyl (C=O) groups is 3. The van der Waals surface area contributed by atoms with Gasteiger partial charge in [0.1, 0.15) is 5.78 Å². The van der Waals surface area contributed by atoms with Crippen molar-refractivity contribution in [1.29, 1.82) is 0 Å². The van der Waals surface area contributed by atoms with Crippen molar-refractivity contribution in [1.82, 2.24) is 0 Å². The third kappa shape index (κ3) is 2.56. The molecule has 0 aromatic carbocycles. The van der Waals surface area contributed by atoms with Crippen LogP contribution in [0.4, 0.5) is 0 Å². The smallest absolute Gasteiger partial charge is 0.303 e. The lowest BCUT2D eigenvalue weighted by Crippen LogP contribution is -2.53. The lowest BCUT2D eigenvalue weighted by atomic mass is 9.46. The molecule has 5 heteroatoms. The molecular weight excluding hydrogens is 308 g/mol. The molecule has 0 bridgehead atoms. The molecule has 3 aliphatic rings. The number of fused-ring (bicyclic) bond motifs is 3. The topological polar surface area (TPSA) is 91.7 Å². The zero-order valence-corrected chi connectivity index (χ0v) is 14.6. The zero-order valence-electron chi connectivity index (χ0n) is 14.6. The van der Waals surface area contributed by atoms with E-state index in [0.717, 1.165) is 32.1 Å². The van der Waals surface area contributed by atoms with Crippen molar-refractivity contribution < 1.29 is 24.6 Å². The Bertz CT molecular complexity index is 570. The van der Waals surface area contributed by atoms with Gasteiger partial charge in [0, 0.05) is 18.3 Å². The van der Waals surface area contributed by atoms with Crippen molar-refractivity contribution in [3.05, 3.63) is 0 Å². The quantitative estimate of drug-likeness (QED) is 0.821. The minimum Gasteiger partial charge on any atom is -0.481 e. The second-order valence-electron chi connectivity index (χ2n) is 8.74. The van der Waals surface area contributed by atoms with E-state index in [4.69, 9.17) is 0 Å². The number of carboxylic acid groups (broad SMARTS) is 2. The molecule has 3 aliphatic carbocycles. The maximum atomic E-state index is 12.4. The highest BCUT2D eigenvalue weighted by Crippen LogP contribution is 2.64. The number of carbonyl (C=O) groups excluding carboxylic acids is 1. The van der Waals surface area contributed by atoms with E-state index in [1.165, 1.54) is 0 Å². The normalized spacial score (nSPS) is 44.7. The van der Waals surface area contributed by atoms with E-state index < -0.39 is 17.4 Å². The molecule has 134 valence electrons. The van der Waals surface area contributed by atoms with Gasteiger partial charge in [-0.3, -0.25) is 14.4 Å². The van der Waals surface area contributed by atoms with Gasteiger partial charge in [-0.1, -0.05) is 13.8 Å². The minimum absolute atomic E-state index is 0.0312. The molecule has 3 saturated carbocycles. The van der Waals surface area contributed by atoms with E-state index in [2.05, 4.69) is 6.92 Å². The Hall–Kier alpha value is -1.39. The zero-order chi connectivity index (χ0) is 17.7. The van der Waals surface area contributed by atoms with Crippen LogP contribution in [-0.2, 0) is 14.4 Å². The summed E-state index contributed by atoms with van der Waals surface area (Å²) in [5.74, 6) is -0.466. The number of ketones is 1. The summed E-state index contributed by atoms with van der Waals surface area (Å²) >= 11 is 0. The van der Waals surface area contributed by atoms with Crippen LogP contribution in [-0.4, -0.2) is 27.9 Å². The highest BCUT2D eigenvalue weighted by Gasteiger charge is 2.60. The van der Waals surface area contributed by atoms with Crippen molar-refractivity contribution in [3.63, 3.8) is 0 Å². The first-order valence-corrected chi connectivity index (χ1v) is 9.15. The third-order valence-electron chi connectivity index (χ3n) is 7.73. The number of aliphatic carboxylic acids is 2. The van der Waals surface area contributed by atoms with E-state index in [-0.39, 0.29) is 30.1 Å². The van der Waals surface area contributed by atoms with Gasteiger partial charge in [-0.25, -0.2) is 0 Å². The van der Waals surface area contributed by atoms with E-state index in [1.807, 2.05) is 6.92 Å². The molecule has 0 aliphatic heterocycles. The summed E-state index contributed by atoms with van der Waals surface area (Å²) in [6.07, 6.45) is 5.03. The van der Waals surface area contributed by atoms with Crippen molar-refractivity contribution in [2.45, 2.75) is 65.2 Å². The molecule has 0 aromatic rings. The number of rotatable bonds is 4.